The van der Waals surface area contributed by atoms with Crippen LogP contribution in [-0.4, -0.2) is 0 Å². The molecular weight excluding hydrogens is 398 g/mol. The minimum atomic E-state index is 0.712. The molecule has 130 valence electrons. The van der Waals surface area contributed by atoms with Crippen molar-refractivity contribution in [2.24, 2.45) is 0 Å². The van der Waals surface area contributed by atoms with Crippen LogP contribution < -0.4 is 4.90 Å². The molecule has 5 rings (SSSR count). The summed E-state index contributed by atoms with van der Waals surface area (Å²) >= 11 is 3.44. The fourth-order valence-electron chi connectivity index (χ4n) is 3.61. The van der Waals surface area contributed by atoms with E-state index in [0.717, 1.165) is 17.3 Å². The second kappa shape index (κ2) is 6.60. The lowest BCUT2D eigenvalue weighted by Gasteiger charge is -2.24. The van der Waals surface area contributed by atoms with Gasteiger partial charge in [0.05, 0.1) is 5.69 Å². The quantitative estimate of drug-likeness (QED) is 0.280. The first-order chi connectivity index (χ1) is 13.3. The SMILES string of the molecule is Brc1ccc(N(c2ccccc2)c2cc3ccccc3c3ccccc23)o1. The number of halogens is 1. The number of hydrogen-bond donors (Lipinski definition) is 0. The van der Waals surface area contributed by atoms with Gasteiger partial charge in [0.15, 0.2) is 4.67 Å². The molecule has 4 aromatic carbocycles. The van der Waals surface area contributed by atoms with E-state index in [2.05, 4.69) is 87.6 Å². The van der Waals surface area contributed by atoms with Crippen LogP contribution in [0.4, 0.5) is 17.3 Å². The average molecular weight is 414 g/mol. The standard InChI is InChI=1S/C24H16BrNO/c25-23-14-15-24(27-23)26(18-9-2-1-3-10-18)22-16-17-8-4-5-11-19(17)20-12-6-7-13-21(20)22/h1-16H. The predicted molar refractivity (Wildman–Crippen MR) is 116 cm³/mol. The molecule has 0 N–H and O–H groups in total. The van der Waals surface area contributed by atoms with E-state index < -0.39 is 0 Å². The molecule has 0 fully saturated rings. The fraction of sp³-hybridized carbons (Fsp3) is 0. The van der Waals surface area contributed by atoms with Crippen molar-refractivity contribution in [1.29, 1.82) is 0 Å². The Morgan fingerprint density at radius 2 is 1.30 bits per heavy atom. The minimum absolute atomic E-state index is 0.712. The van der Waals surface area contributed by atoms with Gasteiger partial charge in [-0.15, -0.1) is 0 Å². The summed E-state index contributed by atoms with van der Waals surface area (Å²) in [5, 5.41) is 4.88. The smallest absolute Gasteiger partial charge is 0.205 e. The summed E-state index contributed by atoms with van der Waals surface area (Å²) in [6.07, 6.45) is 0. The van der Waals surface area contributed by atoms with Crippen molar-refractivity contribution >= 4 is 54.7 Å². The molecule has 0 aliphatic heterocycles. The first-order valence-electron chi connectivity index (χ1n) is 8.82. The van der Waals surface area contributed by atoms with E-state index in [9.17, 15) is 0 Å². The Kier molecular flexibility index (Phi) is 3.95. The Morgan fingerprint density at radius 1 is 0.630 bits per heavy atom. The van der Waals surface area contributed by atoms with Crippen LogP contribution in [0.5, 0.6) is 0 Å². The Bertz CT molecular complexity index is 1240. The third-order valence-corrected chi connectivity index (χ3v) is 5.21. The first-order valence-corrected chi connectivity index (χ1v) is 9.61. The molecule has 1 heterocycles. The van der Waals surface area contributed by atoms with Crippen LogP contribution in [0.25, 0.3) is 21.5 Å². The number of furan rings is 1. The van der Waals surface area contributed by atoms with Gasteiger partial charge in [-0.25, -0.2) is 0 Å². The molecule has 0 saturated carbocycles. The highest BCUT2D eigenvalue weighted by Crippen LogP contribution is 2.42. The summed E-state index contributed by atoms with van der Waals surface area (Å²) in [5.74, 6) is 0.772. The molecule has 0 spiro atoms. The Hall–Kier alpha value is -3.04. The van der Waals surface area contributed by atoms with Crippen LogP contribution in [-0.2, 0) is 0 Å². The van der Waals surface area contributed by atoms with Crippen molar-refractivity contribution in [3.63, 3.8) is 0 Å². The van der Waals surface area contributed by atoms with Crippen molar-refractivity contribution in [1.82, 2.24) is 0 Å². The number of benzene rings is 4. The van der Waals surface area contributed by atoms with E-state index in [0.29, 0.717) is 4.67 Å². The van der Waals surface area contributed by atoms with Gasteiger partial charge in [0, 0.05) is 17.1 Å². The summed E-state index contributed by atoms with van der Waals surface area (Å²) in [6, 6.07) is 33.5. The van der Waals surface area contributed by atoms with Crippen molar-refractivity contribution in [2.75, 3.05) is 4.90 Å². The van der Waals surface area contributed by atoms with Gasteiger partial charge in [-0.05, 0) is 56.4 Å². The van der Waals surface area contributed by atoms with Gasteiger partial charge >= 0.3 is 0 Å². The second-order valence-electron chi connectivity index (χ2n) is 6.41. The third-order valence-electron chi connectivity index (χ3n) is 4.78. The van der Waals surface area contributed by atoms with Crippen LogP contribution in [0, 0.1) is 0 Å². The number of fused-ring (bicyclic) bond motifs is 3. The fourth-order valence-corrected chi connectivity index (χ4v) is 3.90. The third kappa shape index (κ3) is 2.81. The molecule has 0 aliphatic rings. The average Bonchev–Trinajstić information content (AvgIpc) is 3.15. The Morgan fingerprint density at radius 3 is 2.04 bits per heavy atom. The predicted octanol–water partition coefficient (Wildman–Crippen LogP) is 7.82. The zero-order valence-corrected chi connectivity index (χ0v) is 16.1. The monoisotopic (exact) mass is 413 g/mol. The van der Waals surface area contributed by atoms with Crippen LogP contribution in [0.1, 0.15) is 0 Å². The number of para-hydroxylation sites is 1. The Balaban J connectivity index is 1.87. The molecule has 0 unspecified atom stereocenters. The summed E-state index contributed by atoms with van der Waals surface area (Å²) in [4.78, 5) is 2.17. The van der Waals surface area contributed by atoms with Crippen molar-refractivity contribution < 1.29 is 4.42 Å². The van der Waals surface area contributed by atoms with Crippen LogP contribution in [0.3, 0.4) is 0 Å². The summed E-state index contributed by atoms with van der Waals surface area (Å²) in [6.45, 7) is 0. The van der Waals surface area contributed by atoms with Gasteiger partial charge in [0.2, 0.25) is 5.88 Å². The highest BCUT2D eigenvalue weighted by molar-refractivity contribution is 9.10. The van der Waals surface area contributed by atoms with Gasteiger partial charge in [-0.1, -0.05) is 66.7 Å². The normalized spacial score (nSPS) is 11.1. The Labute approximate surface area is 165 Å². The lowest BCUT2D eigenvalue weighted by Crippen LogP contribution is -2.09. The minimum Gasteiger partial charge on any atom is -0.433 e. The van der Waals surface area contributed by atoms with Gasteiger partial charge in [-0.3, -0.25) is 4.90 Å². The number of hydrogen-bond acceptors (Lipinski definition) is 2. The highest BCUT2D eigenvalue weighted by Gasteiger charge is 2.19. The maximum Gasteiger partial charge on any atom is 0.205 e. The molecule has 0 bridgehead atoms. The van der Waals surface area contributed by atoms with E-state index >= 15 is 0 Å². The van der Waals surface area contributed by atoms with Crippen molar-refractivity contribution in [2.45, 2.75) is 0 Å². The summed E-state index contributed by atoms with van der Waals surface area (Å²) in [7, 11) is 0. The molecule has 1 aromatic heterocycles. The number of anilines is 3. The van der Waals surface area contributed by atoms with E-state index in [1.165, 1.54) is 21.5 Å². The molecule has 0 aliphatic carbocycles. The van der Waals surface area contributed by atoms with Gasteiger partial charge in [0.25, 0.3) is 0 Å². The van der Waals surface area contributed by atoms with Gasteiger partial charge in [0.1, 0.15) is 0 Å². The van der Waals surface area contributed by atoms with Crippen molar-refractivity contribution in [3.05, 3.63) is 102 Å². The van der Waals surface area contributed by atoms with Gasteiger partial charge < -0.3 is 4.42 Å². The molecule has 0 atom stereocenters. The number of rotatable bonds is 3. The molecule has 0 amide bonds. The first kappa shape index (κ1) is 16.2. The summed E-state index contributed by atoms with van der Waals surface area (Å²) < 4.78 is 6.67. The van der Waals surface area contributed by atoms with E-state index in [4.69, 9.17) is 4.42 Å². The number of nitrogens with zero attached hydrogens (tertiary/aromatic N) is 1. The van der Waals surface area contributed by atoms with Gasteiger partial charge in [-0.2, -0.15) is 0 Å². The van der Waals surface area contributed by atoms with Crippen molar-refractivity contribution in [3.8, 4) is 0 Å². The zero-order chi connectivity index (χ0) is 18.2. The maximum absolute atomic E-state index is 5.96. The zero-order valence-electron chi connectivity index (χ0n) is 14.5. The topological polar surface area (TPSA) is 16.4 Å². The molecule has 2 nitrogen and oxygen atoms in total. The molecule has 0 saturated heterocycles. The second-order valence-corrected chi connectivity index (χ2v) is 7.19. The van der Waals surface area contributed by atoms with Crippen LogP contribution in [0.15, 0.2) is 106 Å². The maximum atomic E-state index is 5.96. The molecular formula is C24H16BrNO. The lowest BCUT2D eigenvalue weighted by atomic mass is 9.99. The van der Waals surface area contributed by atoms with Crippen LogP contribution >= 0.6 is 15.9 Å². The lowest BCUT2D eigenvalue weighted by molar-refractivity contribution is 0.548. The molecule has 0 radical (unpaired) electrons. The molecule has 3 heteroatoms. The van der Waals surface area contributed by atoms with E-state index in [1.54, 1.807) is 0 Å². The van der Waals surface area contributed by atoms with Crippen LogP contribution in [0.2, 0.25) is 0 Å². The molecule has 27 heavy (non-hydrogen) atoms. The van der Waals surface area contributed by atoms with E-state index in [-0.39, 0.29) is 0 Å². The molecule has 5 aromatic rings. The largest absolute Gasteiger partial charge is 0.433 e. The summed E-state index contributed by atoms with van der Waals surface area (Å²) in [5.41, 5.74) is 2.15. The highest BCUT2D eigenvalue weighted by atomic mass is 79.9. The van der Waals surface area contributed by atoms with E-state index in [1.807, 2.05) is 30.3 Å².